The van der Waals surface area contributed by atoms with Crippen molar-refractivity contribution in [1.29, 1.82) is 0 Å². The third-order valence-corrected chi connectivity index (χ3v) is 3.45. The third-order valence-electron chi connectivity index (χ3n) is 2.59. The van der Waals surface area contributed by atoms with E-state index in [9.17, 15) is 9.59 Å². The predicted molar refractivity (Wildman–Crippen MR) is 79.8 cm³/mol. The fraction of sp³-hybridized carbons (Fsp3) is 0.154. The molecule has 0 bridgehead atoms. The molecule has 1 aromatic heterocycles. The van der Waals surface area contributed by atoms with Crippen LogP contribution in [0, 0.1) is 0 Å². The molecular formula is C13H14N4O2S. The van der Waals surface area contributed by atoms with Crippen molar-refractivity contribution in [1.82, 2.24) is 9.97 Å². The zero-order chi connectivity index (χ0) is 14.5. The van der Waals surface area contributed by atoms with Crippen molar-refractivity contribution in [2.75, 3.05) is 23.4 Å². The van der Waals surface area contributed by atoms with Crippen LogP contribution in [-0.4, -0.2) is 28.7 Å². The summed E-state index contributed by atoms with van der Waals surface area (Å²) in [6.07, 6.45) is 0. The molecule has 0 atom stereocenters. The van der Waals surface area contributed by atoms with Crippen LogP contribution in [0.2, 0.25) is 0 Å². The van der Waals surface area contributed by atoms with Gasteiger partial charge in [0.05, 0.1) is 5.75 Å². The second-order valence-corrected chi connectivity index (χ2v) is 5.02. The molecule has 20 heavy (non-hydrogen) atoms. The van der Waals surface area contributed by atoms with Crippen LogP contribution >= 0.6 is 11.8 Å². The normalized spacial score (nSPS) is 10.2. The number of nitrogens with two attached hydrogens (primary N) is 1. The highest BCUT2D eigenvalue weighted by Gasteiger charge is 2.12. The number of aromatic nitrogens is 2. The maximum Gasteiger partial charge on any atom is 0.253 e. The summed E-state index contributed by atoms with van der Waals surface area (Å²) < 4.78 is 0. The molecule has 1 heterocycles. The minimum Gasteiger partial charge on any atom is -0.383 e. The average molecular weight is 290 g/mol. The topological polar surface area (TPSA) is 92.1 Å². The summed E-state index contributed by atoms with van der Waals surface area (Å²) >= 11 is 1.14. The van der Waals surface area contributed by atoms with E-state index in [0.29, 0.717) is 5.16 Å². The maximum atomic E-state index is 12.0. The highest BCUT2D eigenvalue weighted by Crippen LogP contribution is 2.16. The molecule has 0 aliphatic heterocycles. The van der Waals surface area contributed by atoms with Crippen molar-refractivity contribution in [3.63, 3.8) is 0 Å². The van der Waals surface area contributed by atoms with Crippen LogP contribution in [0.3, 0.4) is 0 Å². The Morgan fingerprint density at radius 1 is 1.40 bits per heavy atom. The van der Waals surface area contributed by atoms with E-state index in [4.69, 9.17) is 5.73 Å². The van der Waals surface area contributed by atoms with Crippen LogP contribution in [-0.2, 0) is 4.79 Å². The van der Waals surface area contributed by atoms with Crippen LogP contribution in [0.1, 0.15) is 0 Å². The van der Waals surface area contributed by atoms with E-state index in [1.54, 1.807) is 11.9 Å². The molecule has 0 saturated carbocycles. The lowest BCUT2D eigenvalue weighted by molar-refractivity contribution is -0.115. The number of rotatable bonds is 4. The lowest BCUT2D eigenvalue weighted by atomic mass is 10.3. The molecule has 0 fully saturated rings. The molecule has 1 amide bonds. The second kappa shape index (κ2) is 6.25. The molecule has 3 N–H and O–H groups in total. The number of hydrogen-bond donors (Lipinski definition) is 2. The Bertz CT molecular complexity index is 657. The highest BCUT2D eigenvalue weighted by molar-refractivity contribution is 7.99. The van der Waals surface area contributed by atoms with Crippen molar-refractivity contribution < 1.29 is 4.79 Å². The van der Waals surface area contributed by atoms with Crippen molar-refractivity contribution >= 4 is 29.2 Å². The van der Waals surface area contributed by atoms with E-state index in [1.165, 1.54) is 6.07 Å². The number of H-pyrrole nitrogens is 1. The molecular weight excluding hydrogens is 276 g/mol. The Labute approximate surface area is 120 Å². The molecule has 0 aliphatic rings. The SMILES string of the molecule is CN(C(=O)CSc1nc(N)cc(=O)[nH]1)c1ccccc1. The Morgan fingerprint density at radius 3 is 2.75 bits per heavy atom. The fourth-order valence-corrected chi connectivity index (χ4v) is 2.34. The van der Waals surface area contributed by atoms with Crippen LogP contribution in [0.15, 0.2) is 46.3 Å². The molecule has 2 aromatic rings. The first kappa shape index (κ1) is 14.1. The molecule has 1 aromatic carbocycles. The van der Waals surface area contributed by atoms with Crippen molar-refractivity contribution in [3.05, 3.63) is 46.8 Å². The van der Waals surface area contributed by atoms with Gasteiger partial charge in [-0.3, -0.25) is 9.59 Å². The zero-order valence-corrected chi connectivity index (χ0v) is 11.7. The number of nitrogens with zero attached hydrogens (tertiary/aromatic N) is 2. The number of thioether (sulfide) groups is 1. The fourth-order valence-electron chi connectivity index (χ4n) is 1.54. The van der Waals surface area contributed by atoms with Gasteiger partial charge < -0.3 is 15.6 Å². The number of carbonyl (C=O) groups is 1. The smallest absolute Gasteiger partial charge is 0.253 e. The van der Waals surface area contributed by atoms with Gasteiger partial charge >= 0.3 is 0 Å². The van der Waals surface area contributed by atoms with Crippen molar-refractivity contribution in [2.24, 2.45) is 0 Å². The highest BCUT2D eigenvalue weighted by atomic mass is 32.2. The summed E-state index contributed by atoms with van der Waals surface area (Å²) in [6, 6.07) is 10.5. The number of benzene rings is 1. The summed E-state index contributed by atoms with van der Waals surface area (Å²) in [5, 5.41) is 0.338. The molecule has 104 valence electrons. The number of aromatic amines is 1. The van der Waals surface area contributed by atoms with Gasteiger partial charge in [-0.05, 0) is 12.1 Å². The van der Waals surface area contributed by atoms with Crippen molar-refractivity contribution in [2.45, 2.75) is 5.16 Å². The van der Waals surface area contributed by atoms with E-state index < -0.39 is 0 Å². The Morgan fingerprint density at radius 2 is 2.10 bits per heavy atom. The second-order valence-electron chi connectivity index (χ2n) is 4.05. The summed E-state index contributed by atoms with van der Waals surface area (Å²) in [6.45, 7) is 0. The van der Waals surface area contributed by atoms with E-state index in [0.717, 1.165) is 17.4 Å². The number of carbonyl (C=O) groups excluding carboxylic acids is 1. The van der Waals surface area contributed by atoms with Gasteiger partial charge in [-0.15, -0.1) is 0 Å². The van der Waals surface area contributed by atoms with Gasteiger partial charge in [-0.2, -0.15) is 0 Å². The van der Waals surface area contributed by atoms with Gasteiger partial charge in [0.1, 0.15) is 5.82 Å². The largest absolute Gasteiger partial charge is 0.383 e. The lowest BCUT2D eigenvalue weighted by Crippen LogP contribution is -2.28. The lowest BCUT2D eigenvalue weighted by Gasteiger charge is -2.16. The minimum atomic E-state index is -0.330. The standard InChI is InChI=1S/C13H14N4O2S/c1-17(9-5-3-2-4-6-9)12(19)8-20-13-15-10(14)7-11(18)16-13/h2-7H,8H2,1H3,(H3,14,15,16,18). The molecule has 7 heteroatoms. The molecule has 6 nitrogen and oxygen atoms in total. The van der Waals surface area contributed by atoms with E-state index in [1.807, 2.05) is 30.3 Å². The van der Waals surface area contributed by atoms with Crippen molar-refractivity contribution in [3.8, 4) is 0 Å². The number of amides is 1. The van der Waals surface area contributed by atoms with E-state index in [2.05, 4.69) is 9.97 Å². The summed E-state index contributed by atoms with van der Waals surface area (Å²) in [7, 11) is 1.70. The summed E-state index contributed by atoms with van der Waals surface area (Å²) in [4.78, 5) is 31.3. The molecule has 2 rings (SSSR count). The van der Waals surface area contributed by atoms with Gasteiger partial charge in [0.2, 0.25) is 5.91 Å². The number of para-hydroxylation sites is 1. The van der Waals surface area contributed by atoms with Gasteiger partial charge in [0.15, 0.2) is 5.16 Å². The quantitative estimate of drug-likeness (QED) is 0.650. The Hall–Kier alpha value is -2.28. The minimum absolute atomic E-state index is 0.0914. The number of nitrogens with one attached hydrogen (secondary N) is 1. The van der Waals surface area contributed by atoms with Gasteiger partial charge in [0, 0.05) is 18.8 Å². The number of hydrogen-bond acceptors (Lipinski definition) is 5. The maximum absolute atomic E-state index is 12.0. The number of anilines is 2. The molecule has 0 saturated heterocycles. The molecule has 0 spiro atoms. The Balaban J connectivity index is 2.00. The van der Waals surface area contributed by atoms with Crippen LogP contribution in [0.5, 0.6) is 0 Å². The van der Waals surface area contributed by atoms with Gasteiger partial charge in [-0.1, -0.05) is 30.0 Å². The van der Waals surface area contributed by atoms with E-state index in [-0.39, 0.29) is 23.0 Å². The van der Waals surface area contributed by atoms with E-state index >= 15 is 0 Å². The zero-order valence-electron chi connectivity index (χ0n) is 10.9. The third kappa shape index (κ3) is 3.61. The van der Waals surface area contributed by atoms with Crippen LogP contribution in [0.4, 0.5) is 11.5 Å². The Kier molecular flexibility index (Phi) is 4.41. The van der Waals surface area contributed by atoms with Gasteiger partial charge in [-0.25, -0.2) is 4.98 Å². The number of nitrogen functional groups attached to an aromatic ring is 1. The first-order valence-electron chi connectivity index (χ1n) is 5.87. The summed E-state index contributed by atoms with van der Waals surface area (Å²) in [5.41, 5.74) is 5.96. The monoisotopic (exact) mass is 290 g/mol. The average Bonchev–Trinajstić information content (AvgIpc) is 2.44. The predicted octanol–water partition coefficient (Wildman–Crippen LogP) is 1.11. The first-order valence-corrected chi connectivity index (χ1v) is 6.86. The molecule has 0 aliphatic carbocycles. The van der Waals surface area contributed by atoms with Gasteiger partial charge in [0.25, 0.3) is 5.56 Å². The summed E-state index contributed by atoms with van der Waals surface area (Å²) in [5.74, 6) is 0.212. The first-order chi connectivity index (χ1) is 9.56. The van der Waals surface area contributed by atoms with Crippen LogP contribution < -0.4 is 16.2 Å². The molecule has 0 radical (unpaired) electrons. The van der Waals surface area contributed by atoms with Crippen LogP contribution in [0.25, 0.3) is 0 Å². The molecule has 0 unspecified atom stereocenters.